The number of ketones is 1. The van der Waals surface area contributed by atoms with E-state index in [1.807, 2.05) is 4.90 Å². The number of methoxy groups -OCH3 is 1. The van der Waals surface area contributed by atoms with E-state index in [0.717, 1.165) is 17.8 Å². The molecule has 0 atom stereocenters. The molecule has 11 heteroatoms. The average molecular weight is 469 g/mol. The Morgan fingerprint density at radius 2 is 1.79 bits per heavy atom. The fraction of sp³-hybridized carbons (Fsp3) is 0.364. The number of benzene rings is 1. The minimum absolute atomic E-state index is 0.0107. The maximum atomic E-state index is 12.6. The van der Waals surface area contributed by atoms with E-state index in [1.54, 1.807) is 36.8 Å². The molecule has 0 bridgehead atoms. The first kappa shape index (κ1) is 22.6. The Hall–Kier alpha value is -3.60. The van der Waals surface area contributed by atoms with Crippen molar-refractivity contribution in [3.05, 3.63) is 58.6 Å². The Balaban J connectivity index is 1.23. The van der Waals surface area contributed by atoms with Gasteiger partial charge in [-0.1, -0.05) is 0 Å². The second-order valence-electron chi connectivity index (χ2n) is 7.69. The van der Waals surface area contributed by atoms with Gasteiger partial charge in [-0.2, -0.15) is 0 Å². The van der Waals surface area contributed by atoms with Gasteiger partial charge in [0.05, 0.1) is 12.1 Å². The molecule has 1 aromatic carbocycles. The van der Waals surface area contributed by atoms with Gasteiger partial charge < -0.3 is 9.64 Å². The van der Waals surface area contributed by atoms with Gasteiger partial charge in [-0.05, 0) is 37.1 Å². The number of carbonyl (C=O) groups is 3. The molecule has 4 rings (SSSR count). The van der Waals surface area contributed by atoms with Crippen molar-refractivity contribution in [3.63, 3.8) is 0 Å². The highest BCUT2D eigenvalue weighted by atomic mass is 32.1. The molecule has 0 saturated carbocycles. The number of aromatic nitrogens is 4. The number of hydrogen-bond acceptors (Lipinski definition) is 8. The van der Waals surface area contributed by atoms with Gasteiger partial charge in [0.15, 0.2) is 5.78 Å². The molecule has 1 aliphatic heterocycles. The number of ether oxygens (including phenoxy) is 1. The summed E-state index contributed by atoms with van der Waals surface area (Å²) in [5, 5.41) is 9.90. The highest BCUT2D eigenvalue weighted by Gasteiger charge is 2.26. The standard InChI is InChI=1S/C22H24N6O4S/c1-32-17-4-2-15(3-5-17)19(29)6-7-20(30)27-10-8-16(9-11-27)22-25-18(12-33-22)21(31)26-28-13-23-24-14-28/h2-5,12-14,16H,6-11H2,1H3,(H,26,31). The molecule has 2 aromatic heterocycles. The molecule has 1 fully saturated rings. The summed E-state index contributed by atoms with van der Waals surface area (Å²) >= 11 is 1.45. The minimum atomic E-state index is -0.327. The van der Waals surface area contributed by atoms with Crippen molar-refractivity contribution >= 4 is 28.9 Å². The molecule has 0 aliphatic carbocycles. The molecule has 0 unspecified atom stereocenters. The number of Topliss-reactive ketones (excluding diaryl/α,β-unsaturated/α-hetero) is 1. The molecule has 10 nitrogen and oxygen atoms in total. The lowest BCUT2D eigenvalue weighted by Crippen LogP contribution is -2.38. The van der Waals surface area contributed by atoms with Crippen molar-refractivity contribution in [2.45, 2.75) is 31.6 Å². The van der Waals surface area contributed by atoms with Crippen molar-refractivity contribution in [2.24, 2.45) is 0 Å². The zero-order chi connectivity index (χ0) is 23.2. The third-order valence-corrected chi connectivity index (χ3v) is 6.59. The second kappa shape index (κ2) is 10.3. The average Bonchev–Trinajstić information content (AvgIpc) is 3.55. The number of nitrogens with one attached hydrogen (secondary N) is 1. The van der Waals surface area contributed by atoms with Gasteiger partial charge in [-0.15, -0.1) is 21.5 Å². The highest BCUT2D eigenvalue weighted by molar-refractivity contribution is 7.09. The zero-order valence-corrected chi connectivity index (χ0v) is 19.0. The van der Waals surface area contributed by atoms with Crippen LogP contribution in [0.5, 0.6) is 5.75 Å². The van der Waals surface area contributed by atoms with Crippen LogP contribution in [0, 0.1) is 0 Å². The number of thiazole rings is 1. The van der Waals surface area contributed by atoms with E-state index in [4.69, 9.17) is 4.74 Å². The van der Waals surface area contributed by atoms with Crippen LogP contribution in [-0.2, 0) is 4.79 Å². The molecular formula is C22H24N6O4S. The normalized spacial score (nSPS) is 14.2. The summed E-state index contributed by atoms with van der Waals surface area (Å²) in [5.74, 6) is 0.501. The van der Waals surface area contributed by atoms with E-state index in [1.165, 1.54) is 28.7 Å². The van der Waals surface area contributed by atoms with Crippen molar-refractivity contribution in [3.8, 4) is 5.75 Å². The van der Waals surface area contributed by atoms with E-state index in [2.05, 4.69) is 20.6 Å². The number of hydrogen-bond donors (Lipinski definition) is 1. The summed E-state index contributed by atoms with van der Waals surface area (Å²) in [7, 11) is 1.57. The monoisotopic (exact) mass is 468 g/mol. The van der Waals surface area contributed by atoms with Crippen molar-refractivity contribution in [1.29, 1.82) is 0 Å². The molecule has 1 aliphatic rings. The fourth-order valence-corrected chi connectivity index (χ4v) is 4.66. The van der Waals surface area contributed by atoms with Crippen LogP contribution in [0.2, 0.25) is 0 Å². The Morgan fingerprint density at radius 1 is 1.09 bits per heavy atom. The van der Waals surface area contributed by atoms with Crippen LogP contribution in [0.1, 0.15) is 57.5 Å². The molecular weight excluding hydrogens is 444 g/mol. The van der Waals surface area contributed by atoms with Crippen LogP contribution in [0.15, 0.2) is 42.3 Å². The van der Waals surface area contributed by atoms with Crippen molar-refractivity contribution in [2.75, 3.05) is 25.6 Å². The first-order valence-electron chi connectivity index (χ1n) is 10.6. The lowest BCUT2D eigenvalue weighted by atomic mass is 9.97. The number of nitrogens with zero attached hydrogens (tertiary/aromatic N) is 5. The van der Waals surface area contributed by atoms with Gasteiger partial charge in [0.25, 0.3) is 5.91 Å². The predicted octanol–water partition coefficient (Wildman–Crippen LogP) is 2.50. The number of carbonyl (C=O) groups excluding carboxylic acids is 3. The van der Waals surface area contributed by atoms with Crippen LogP contribution < -0.4 is 10.2 Å². The van der Waals surface area contributed by atoms with Crippen molar-refractivity contribution in [1.82, 2.24) is 24.8 Å². The first-order chi connectivity index (χ1) is 16.0. The van der Waals surface area contributed by atoms with Gasteiger partial charge >= 0.3 is 0 Å². The predicted molar refractivity (Wildman–Crippen MR) is 121 cm³/mol. The lowest BCUT2D eigenvalue weighted by Gasteiger charge is -2.31. The van der Waals surface area contributed by atoms with Crippen LogP contribution in [-0.4, -0.2) is 62.6 Å². The van der Waals surface area contributed by atoms with Gasteiger partial charge in [0.1, 0.15) is 24.1 Å². The van der Waals surface area contributed by atoms with Gasteiger partial charge in [0, 0.05) is 42.8 Å². The third kappa shape index (κ3) is 5.61. The Morgan fingerprint density at radius 3 is 2.45 bits per heavy atom. The quantitative estimate of drug-likeness (QED) is 0.505. The fourth-order valence-electron chi connectivity index (χ4n) is 3.69. The summed E-state index contributed by atoms with van der Waals surface area (Å²) in [6.45, 7) is 1.23. The molecule has 3 aromatic rings. The van der Waals surface area contributed by atoms with Crippen LogP contribution >= 0.6 is 11.3 Å². The SMILES string of the molecule is COc1ccc(C(=O)CCC(=O)N2CCC(c3nc(C(=O)Nn4cnnc4)cs3)CC2)cc1. The smallest absolute Gasteiger partial charge is 0.289 e. The van der Waals surface area contributed by atoms with Crippen LogP contribution in [0.25, 0.3) is 0 Å². The number of rotatable bonds is 8. The third-order valence-electron chi connectivity index (χ3n) is 5.58. The first-order valence-corrected chi connectivity index (χ1v) is 11.5. The van der Waals surface area contributed by atoms with Crippen molar-refractivity contribution < 1.29 is 19.1 Å². The van der Waals surface area contributed by atoms with Gasteiger partial charge in [-0.25, -0.2) is 9.66 Å². The largest absolute Gasteiger partial charge is 0.497 e. The maximum absolute atomic E-state index is 12.6. The van der Waals surface area contributed by atoms with Gasteiger partial charge in [-0.3, -0.25) is 19.8 Å². The molecule has 1 N–H and O–H groups in total. The van der Waals surface area contributed by atoms with E-state index >= 15 is 0 Å². The second-order valence-corrected chi connectivity index (χ2v) is 8.58. The minimum Gasteiger partial charge on any atom is -0.497 e. The van der Waals surface area contributed by atoms with Crippen LogP contribution in [0.4, 0.5) is 0 Å². The lowest BCUT2D eigenvalue weighted by molar-refractivity contribution is -0.132. The number of amides is 2. The molecule has 0 radical (unpaired) electrons. The number of likely N-dealkylation sites (tertiary alicyclic amines) is 1. The van der Waals surface area contributed by atoms with E-state index < -0.39 is 0 Å². The van der Waals surface area contributed by atoms with E-state index in [9.17, 15) is 14.4 Å². The molecule has 1 saturated heterocycles. The Bertz CT molecular complexity index is 1100. The zero-order valence-electron chi connectivity index (χ0n) is 18.1. The molecule has 2 amide bonds. The molecule has 0 spiro atoms. The summed E-state index contributed by atoms with van der Waals surface area (Å²) in [4.78, 5) is 43.5. The van der Waals surface area contributed by atoms with E-state index in [0.29, 0.717) is 30.1 Å². The molecule has 33 heavy (non-hydrogen) atoms. The topological polar surface area (TPSA) is 119 Å². The maximum Gasteiger partial charge on any atom is 0.289 e. The Kier molecular flexibility index (Phi) is 7.08. The summed E-state index contributed by atoms with van der Waals surface area (Å²) < 4.78 is 6.47. The Labute approximate surface area is 194 Å². The summed E-state index contributed by atoms with van der Waals surface area (Å²) in [6.07, 6.45) is 4.71. The summed E-state index contributed by atoms with van der Waals surface area (Å²) in [6, 6.07) is 6.91. The van der Waals surface area contributed by atoms with Crippen LogP contribution in [0.3, 0.4) is 0 Å². The summed E-state index contributed by atoms with van der Waals surface area (Å²) in [5.41, 5.74) is 3.55. The number of piperidine rings is 1. The molecule has 172 valence electrons. The van der Waals surface area contributed by atoms with E-state index in [-0.39, 0.29) is 36.4 Å². The molecule has 3 heterocycles. The van der Waals surface area contributed by atoms with Gasteiger partial charge in [0.2, 0.25) is 5.91 Å². The highest BCUT2D eigenvalue weighted by Crippen LogP contribution is 2.30.